The molecule has 1 aliphatic rings. The SMILES string of the molecule is CC.Cc1ccc2c(c1)CCC(C(=O)NCC(O)c1cccnc1)O2. The molecule has 0 bridgehead atoms. The Bertz CT molecular complexity index is 689. The number of benzene rings is 1. The van der Waals surface area contributed by atoms with Gasteiger partial charge in [0.2, 0.25) is 0 Å². The number of fused-ring (bicyclic) bond motifs is 1. The van der Waals surface area contributed by atoms with Crippen LogP contribution in [0.4, 0.5) is 0 Å². The van der Waals surface area contributed by atoms with Crippen molar-refractivity contribution in [3.63, 3.8) is 0 Å². The van der Waals surface area contributed by atoms with E-state index in [1.54, 1.807) is 24.5 Å². The third-order valence-corrected chi connectivity index (χ3v) is 3.99. The van der Waals surface area contributed by atoms with Gasteiger partial charge in [0.1, 0.15) is 5.75 Å². The lowest BCUT2D eigenvalue weighted by Gasteiger charge is -2.26. The molecule has 1 aromatic heterocycles. The highest BCUT2D eigenvalue weighted by molar-refractivity contribution is 5.81. The summed E-state index contributed by atoms with van der Waals surface area (Å²) in [6.45, 7) is 6.18. The van der Waals surface area contributed by atoms with Crippen LogP contribution in [-0.2, 0) is 11.2 Å². The molecule has 1 aliphatic heterocycles. The number of hydrogen-bond acceptors (Lipinski definition) is 4. The van der Waals surface area contributed by atoms with Crippen molar-refractivity contribution in [2.75, 3.05) is 6.54 Å². The zero-order chi connectivity index (χ0) is 18.2. The highest BCUT2D eigenvalue weighted by atomic mass is 16.5. The van der Waals surface area contributed by atoms with Gasteiger partial charge in [0.15, 0.2) is 6.10 Å². The predicted octanol–water partition coefficient (Wildman–Crippen LogP) is 2.96. The van der Waals surface area contributed by atoms with Crippen molar-refractivity contribution in [3.05, 3.63) is 59.4 Å². The molecule has 0 radical (unpaired) electrons. The second kappa shape index (κ2) is 9.18. The summed E-state index contributed by atoms with van der Waals surface area (Å²) in [5.74, 6) is 0.578. The Morgan fingerprint density at radius 2 is 2.20 bits per heavy atom. The zero-order valence-electron chi connectivity index (χ0n) is 15.0. The van der Waals surface area contributed by atoms with Crippen LogP contribution < -0.4 is 10.1 Å². The van der Waals surface area contributed by atoms with Crippen molar-refractivity contribution in [1.82, 2.24) is 10.3 Å². The molecule has 0 saturated carbocycles. The van der Waals surface area contributed by atoms with Gasteiger partial charge < -0.3 is 15.2 Å². The van der Waals surface area contributed by atoms with Gasteiger partial charge in [0.05, 0.1) is 6.10 Å². The summed E-state index contributed by atoms with van der Waals surface area (Å²) >= 11 is 0. The smallest absolute Gasteiger partial charge is 0.261 e. The number of hydrogen-bond donors (Lipinski definition) is 2. The molecule has 0 aliphatic carbocycles. The number of rotatable bonds is 4. The number of aryl methyl sites for hydroxylation is 2. The molecule has 5 heteroatoms. The highest BCUT2D eigenvalue weighted by Gasteiger charge is 2.26. The predicted molar refractivity (Wildman–Crippen MR) is 97.5 cm³/mol. The fraction of sp³-hybridized carbons (Fsp3) is 0.400. The number of carbonyl (C=O) groups is 1. The van der Waals surface area contributed by atoms with Crippen molar-refractivity contribution < 1.29 is 14.6 Å². The molecule has 1 aromatic carbocycles. The lowest BCUT2D eigenvalue weighted by molar-refractivity contribution is -0.129. The van der Waals surface area contributed by atoms with E-state index in [9.17, 15) is 9.90 Å². The molecular formula is C20H26N2O3. The molecule has 5 nitrogen and oxygen atoms in total. The van der Waals surface area contributed by atoms with Gasteiger partial charge in [-0.1, -0.05) is 37.6 Å². The molecule has 2 heterocycles. The quantitative estimate of drug-likeness (QED) is 0.896. The van der Waals surface area contributed by atoms with E-state index in [1.165, 1.54) is 5.56 Å². The van der Waals surface area contributed by atoms with Crippen LogP contribution in [0.5, 0.6) is 5.75 Å². The Morgan fingerprint density at radius 1 is 1.40 bits per heavy atom. The molecular weight excluding hydrogens is 316 g/mol. The molecule has 134 valence electrons. The molecule has 2 unspecified atom stereocenters. The number of pyridine rings is 1. The second-order valence-corrected chi connectivity index (χ2v) is 5.80. The number of nitrogens with zero attached hydrogens (tertiary/aromatic N) is 1. The molecule has 0 fully saturated rings. The standard InChI is InChI=1S/C18H20N2O3.C2H6/c1-12-4-6-16-13(9-12)5-7-17(23-16)18(22)20-11-15(21)14-3-2-8-19-10-14;1-2/h2-4,6,8-10,15,17,21H,5,7,11H2,1H3,(H,20,22);1-2H3. The molecule has 0 saturated heterocycles. The first kappa shape index (κ1) is 18.9. The largest absolute Gasteiger partial charge is 0.480 e. The lowest BCUT2D eigenvalue weighted by Crippen LogP contribution is -2.41. The number of ether oxygens (including phenoxy) is 1. The zero-order valence-corrected chi connectivity index (χ0v) is 15.0. The van der Waals surface area contributed by atoms with Gasteiger partial charge in [0.25, 0.3) is 5.91 Å². The van der Waals surface area contributed by atoms with Crippen LogP contribution in [0.1, 0.15) is 43.1 Å². The topological polar surface area (TPSA) is 71.5 Å². The Labute approximate surface area is 149 Å². The average Bonchev–Trinajstić information content (AvgIpc) is 2.67. The van der Waals surface area contributed by atoms with E-state index in [4.69, 9.17) is 4.74 Å². The van der Waals surface area contributed by atoms with Crippen molar-refractivity contribution in [2.24, 2.45) is 0 Å². The molecule has 2 atom stereocenters. The third-order valence-electron chi connectivity index (χ3n) is 3.99. The summed E-state index contributed by atoms with van der Waals surface area (Å²) in [7, 11) is 0. The maximum absolute atomic E-state index is 12.2. The summed E-state index contributed by atoms with van der Waals surface area (Å²) in [6, 6.07) is 9.51. The Balaban J connectivity index is 0.00000109. The first-order valence-electron chi connectivity index (χ1n) is 8.75. The maximum Gasteiger partial charge on any atom is 0.261 e. The molecule has 2 aromatic rings. The van der Waals surface area contributed by atoms with Gasteiger partial charge in [-0.25, -0.2) is 0 Å². The van der Waals surface area contributed by atoms with E-state index < -0.39 is 12.2 Å². The van der Waals surface area contributed by atoms with Crippen molar-refractivity contribution in [2.45, 2.75) is 45.8 Å². The Morgan fingerprint density at radius 3 is 2.92 bits per heavy atom. The van der Waals surface area contributed by atoms with E-state index in [-0.39, 0.29) is 12.5 Å². The maximum atomic E-state index is 12.2. The minimum absolute atomic E-state index is 0.144. The molecule has 0 spiro atoms. The highest BCUT2D eigenvalue weighted by Crippen LogP contribution is 2.28. The van der Waals surface area contributed by atoms with Crippen LogP contribution in [0.3, 0.4) is 0 Å². The van der Waals surface area contributed by atoms with Crippen LogP contribution in [0.2, 0.25) is 0 Å². The first-order chi connectivity index (χ1) is 12.1. The lowest BCUT2D eigenvalue weighted by atomic mass is 10.00. The van der Waals surface area contributed by atoms with Crippen LogP contribution in [0, 0.1) is 6.92 Å². The number of carbonyl (C=O) groups excluding carboxylic acids is 1. The minimum atomic E-state index is -0.772. The normalized spacial score (nSPS) is 16.6. The monoisotopic (exact) mass is 342 g/mol. The van der Waals surface area contributed by atoms with Crippen LogP contribution >= 0.6 is 0 Å². The van der Waals surface area contributed by atoms with E-state index in [2.05, 4.69) is 16.4 Å². The van der Waals surface area contributed by atoms with Crippen molar-refractivity contribution in [3.8, 4) is 5.75 Å². The van der Waals surface area contributed by atoms with E-state index in [0.717, 1.165) is 17.7 Å². The summed E-state index contributed by atoms with van der Waals surface area (Å²) in [6.07, 6.45) is 3.42. The summed E-state index contributed by atoms with van der Waals surface area (Å²) in [5.41, 5.74) is 3.01. The Hall–Kier alpha value is -2.40. The van der Waals surface area contributed by atoms with Crippen LogP contribution in [0.25, 0.3) is 0 Å². The summed E-state index contributed by atoms with van der Waals surface area (Å²) in [4.78, 5) is 16.2. The number of amides is 1. The first-order valence-corrected chi connectivity index (χ1v) is 8.75. The number of aliphatic hydroxyl groups excluding tert-OH is 1. The van der Waals surface area contributed by atoms with Crippen molar-refractivity contribution in [1.29, 1.82) is 0 Å². The van der Waals surface area contributed by atoms with Gasteiger partial charge in [-0.05, 0) is 37.5 Å². The van der Waals surface area contributed by atoms with E-state index in [1.807, 2.05) is 32.9 Å². The molecule has 1 amide bonds. The molecule has 25 heavy (non-hydrogen) atoms. The fourth-order valence-corrected chi connectivity index (χ4v) is 2.70. The van der Waals surface area contributed by atoms with Crippen molar-refractivity contribution >= 4 is 5.91 Å². The van der Waals surface area contributed by atoms with Gasteiger partial charge >= 0.3 is 0 Å². The third kappa shape index (κ3) is 5.03. The average molecular weight is 342 g/mol. The van der Waals surface area contributed by atoms with Crippen LogP contribution in [0.15, 0.2) is 42.7 Å². The van der Waals surface area contributed by atoms with Gasteiger partial charge in [0, 0.05) is 24.5 Å². The molecule has 2 N–H and O–H groups in total. The van der Waals surface area contributed by atoms with Crippen LogP contribution in [-0.4, -0.2) is 28.6 Å². The molecule has 3 rings (SSSR count). The Kier molecular flexibility index (Phi) is 6.95. The number of aromatic nitrogens is 1. The number of aliphatic hydroxyl groups is 1. The summed E-state index contributed by atoms with van der Waals surface area (Å²) < 4.78 is 5.78. The van der Waals surface area contributed by atoms with Gasteiger partial charge in [-0.15, -0.1) is 0 Å². The number of nitrogens with one attached hydrogen (secondary N) is 1. The second-order valence-electron chi connectivity index (χ2n) is 5.80. The van der Waals surface area contributed by atoms with E-state index >= 15 is 0 Å². The fourth-order valence-electron chi connectivity index (χ4n) is 2.70. The van der Waals surface area contributed by atoms with Gasteiger partial charge in [-0.2, -0.15) is 0 Å². The summed E-state index contributed by atoms with van der Waals surface area (Å²) in [5, 5.41) is 12.8. The van der Waals surface area contributed by atoms with E-state index in [0.29, 0.717) is 12.0 Å². The van der Waals surface area contributed by atoms with Gasteiger partial charge in [-0.3, -0.25) is 9.78 Å². The minimum Gasteiger partial charge on any atom is -0.480 e.